The smallest absolute Gasteiger partial charge is 0.201 e. The lowest BCUT2D eigenvalue weighted by molar-refractivity contribution is -0.104. The molecule has 1 aromatic rings. The highest BCUT2D eigenvalue weighted by Crippen LogP contribution is 2.24. The number of allylic oxidation sites excluding steroid dienone is 3. The Morgan fingerprint density at radius 3 is 2.87 bits per heavy atom. The molecule has 1 saturated heterocycles. The van der Waals surface area contributed by atoms with E-state index in [0.29, 0.717) is 12.2 Å². The molecule has 0 aromatic heterocycles. The van der Waals surface area contributed by atoms with Crippen molar-refractivity contribution >= 4 is 24.1 Å². The molecule has 30 heavy (non-hydrogen) atoms. The summed E-state index contributed by atoms with van der Waals surface area (Å²) >= 11 is 0. The van der Waals surface area contributed by atoms with Gasteiger partial charge in [-0.25, -0.2) is 4.99 Å². The monoisotopic (exact) mass is 409 g/mol. The number of phenols is 1. The van der Waals surface area contributed by atoms with Crippen LogP contribution in [0.3, 0.4) is 0 Å². The molecule has 0 saturated carbocycles. The summed E-state index contributed by atoms with van der Waals surface area (Å²) in [6.07, 6.45) is 7.91. The van der Waals surface area contributed by atoms with Crippen molar-refractivity contribution in [1.82, 2.24) is 9.80 Å². The fraction of sp³-hybridized carbons (Fsp3) is 0.435. The number of carbonyl (C=O) groups excluding carboxylic acids is 1. The number of benzene rings is 1. The third kappa shape index (κ3) is 5.28. The van der Waals surface area contributed by atoms with E-state index >= 15 is 0 Å². The molecular weight excluding hydrogens is 378 g/mol. The number of hydrogen-bond donors (Lipinski definition) is 1. The minimum Gasteiger partial charge on any atom is -0.508 e. The first-order valence-electron chi connectivity index (χ1n) is 10.4. The highest BCUT2D eigenvalue weighted by molar-refractivity contribution is 5.83. The number of carbonyl (C=O) groups is 1. The summed E-state index contributed by atoms with van der Waals surface area (Å²) in [7, 11) is 3.96. The maximum atomic E-state index is 11.3. The predicted octanol–water partition coefficient (Wildman–Crippen LogP) is 2.69. The van der Waals surface area contributed by atoms with Crippen LogP contribution in [0.25, 0.3) is 0 Å². The first-order valence-corrected chi connectivity index (χ1v) is 10.4. The predicted molar refractivity (Wildman–Crippen MR) is 122 cm³/mol. The minimum absolute atomic E-state index is 0.214. The third-order valence-electron chi connectivity index (χ3n) is 5.36. The highest BCUT2D eigenvalue weighted by atomic mass is 16.3. The summed E-state index contributed by atoms with van der Waals surface area (Å²) in [5, 5.41) is 9.80. The van der Waals surface area contributed by atoms with Crippen LogP contribution in [0.15, 0.2) is 57.7 Å². The Morgan fingerprint density at radius 1 is 1.33 bits per heavy atom. The number of phenolic OH excluding ortho intramolecular Hbond substituents is 1. The van der Waals surface area contributed by atoms with Gasteiger partial charge in [0, 0.05) is 76.8 Å². The second-order valence-corrected chi connectivity index (χ2v) is 7.81. The van der Waals surface area contributed by atoms with Crippen LogP contribution in [0.2, 0.25) is 0 Å². The molecule has 7 heteroatoms. The van der Waals surface area contributed by atoms with Gasteiger partial charge >= 0.3 is 0 Å². The summed E-state index contributed by atoms with van der Waals surface area (Å²) in [6.45, 7) is 5.33. The lowest BCUT2D eigenvalue weighted by Gasteiger charge is -2.43. The zero-order chi connectivity index (χ0) is 21.5. The molecular formula is C23H31N5O2. The van der Waals surface area contributed by atoms with Crippen LogP contribution in [-0.4, -0.2) is 79.7 Å². The van der Waals surface area contributed by atoms with E-state index in [0.717, 1.165) is 56.0 Å². The van der Waals surface area contributed by atoms with Gasteiger partial charge in [-0.05, 0) is 31.1 Å². The molecule has 2 heterocycles. The van der Waals surface area contributed by atoms with Crippen molar-refractivity contribution in [3.05, 3.63) is 47.7 Å². The third-order valence-corrected chi connectivity index (χ3v) is 5.36. The molecule has 1 atom stereocenters. The molecule has 1 aromatic carbocycles. The fourth-order valence-corrected chi connectivity index (χ4v) is 3.87. The summed E-state index contributed by atoms with van der Waals surface area (Å²) < 4.78 is 0. The van der Waals surface area contributed by atoms with Crippen LogP contribution in [0.4, 0.5) is 5.69 Å². The van der Waals surface area contributed by atoms with Gasteiger partial charge in [-0.3, -0.25) is 9.79 Å². The first kappa shape index (κ1) is 21.6. The van der Waals surface area contributed by atoms with Gasteiger partial charge in [0.05, 0.1) is 5.70 Å². The van der Waals surface area contributed by atoms with E-state index in [1.807, 2.05) is 37.3 Å². The van der Waals surface area contributed by atoms with Crippen LogP contribution in [0, 0.1) is 0 Å². The second kappa shape index (κ2) is 10.1. The van der Waals surface area contributed by atoms with Crippen molar-refractivity contribution in [2.45, 2.75) is 25.8 Å². The lowest BCUT2D eigenvalue weighted by Crippen LogP contribution is -2.57. The number of piperazine rings is 1. The lowest BCUT2D eigenvalue weighted by atomic mass is 10.1. The van der Waals surface area contributed by atoms with Gasteiger partial charge in [-0.2, -0.15) is 0 Å². The molecule has 0 aliphatic carbocycles. The summed E-state index contributed by atoms with van der Waals surface area (Å²) in [5.41, 5.74) is 2.79. The van der Waals surface area contributed by atoms with E-state index < -0.39 is 0 Å². The van der Waals surface area contributed by atoms with Crippen LogP contribution < -0.4 is 4.90 Å². The molecule has 2 aliphatic heterocycles. The molecule has 0 spiro atoms. The van der Waals surface area contributed by atoms with E-state index in [4.69, 9.17) is 4.99 Å². The number of aromatic hydroxyl groups is 1. The number of guanidine groups is 1. The van der Waals surface area contributed by atoms with Crippen molar-refractivity contribution in [2.24, 2.45) is 9.98 Å². The molecule has 0 radical (unpaired) electrons. The Bertz CT molecular complexity index is 872. The van der Waals surface area contributed by atoms with Crippen LogP contribution in [0.1, 0.15) is 19.8 Å². The summed E-state index contributed by atoms with van der Waals surface area (Å²) in [6, 6.07) is 7.60. The van der Waals surface area contributed by atoms with Crippen molar-refractivity contribution in [3.8, 4) is 5.75 Å². The maximum Gasteiger partial charge on any atom is 0.201 e. The highest BCUT2D eigenvalue weighted by Gasteiger charge is 2.28. The summed E-state index contributed by atoms with van der Waals surface area (Å²) in [4.78, 5) is 27.1. The molecule has 7 nitrogen and oxygen atoms in total. The van der Waals surface area contributed by atoms with Gasteiger partial charge < -0.3 is 19.8 Å². The van der Waals surface area contributed by atoms with Gasteiger partial charge in [0.15, 0.2) is 0 Å². The quantitative estimate of drug-likeness (QED) is 0.358. The van der Waals surface area contributed by atoms with Gasteiger partial charge in [0.25, 0.3) is 0 Å². The average molecular weight is 410 g/mol. The average Bonchev–Trinajstić information content (AvgIpc) is 3.01. The van der Waals surface area contributed by atoms with Crippen molar-refractivity contribution in [1.29, 1.82) is 0 Å². The molecule has 160 valence electrons. The van der Waals surface area contributed by atoms with Gasteiger partial charge in [-0.15, -0.1) is 0 Å². The van der Waals surface area contributed by atoms with E-state index in [9.17, 15) is 9.90 Å². The zero-order valence-electron chi connectivity index (χ0n) is 18.0. The van der Waals surface area contributed by atoms with Crippen molar-refractivity contribution in [2.75, 3.05) is 45.2 Å². The molecule has 2 aliphatic rings. The van der Waals surface area contributed by atoms with Gasteiger partial charge in [0.2, 0.25) is 5.96 Å². The maximum absolute atomic E-state index is 11.3. The van der Waals surface area contributed by atoms with Crippen LogP contribution >= 0.6 is 0 Å². The van der Waals surface area contributed by atoms with Crippen LogP contribution in [-0.2, 0) is 4.79 Å². The Balaban J connectivity index is 1.82. The SMILES string of the molecule is CC1CN(c2cccc(O)c2)CCN1C(=N/C(=C\C=O)C1=CCC=NCC1)N(C)C. The number of nitrogens with zero attached hydrogens (tertiary/aromatic N) is 5. The molecule has 0 bridgehead atoms. The number of hydrogen-bond acceptors (Lipinski definition) is 5. The fourth-order valence-electron chi connectivity index (χ4n) is 3.87. The Kier molecular flexibility index (Phi) is 7.27. The molecule has 1 N–H and O–H groups in total. The molecule has 1 unspecified atom stereocenters. The largest absolute Gasteiger partial charge is 0.508 e. The Morgan fingerprint density at radius 2 is 2.17 bits per heavy atom. The van der Waals surface area contributed by atoms with E-state index in [1.54, 1.807) is 18.2 Å². The summed E-state index contributed by atoms with van der Waals surface area (Å²) in [5.74, 6) is 1.12. The van der Waals surface area contributed by atoms with Crippen molar-refractivity contribution < 1.29 is 9.90 Å². The molecule has 3 rings (SSSR count). The van der Waals surface area contributed by atoms with Gasteiger partial charge in [-0.1, -0.05) is 12.1 Å². The molecule has 1 fully saturated rings. The van der Waals surface area contributed by atoms with Gasteiger partial charge in [0.1, 0.15) is 12.0 Å². The normalized spacial score (nSPS) is 20.6. The van der Waals surface area contributed by atoms with E-state index in [-0.39, 0.29) is 11.8 Å². The first-order chi connectivity index (χ1) is 14.5. The Labute approximate surface area is 178 Å². The van der Waals surface area contributed by atoms with Crippen molar-refractivity contribution in [3.63, 3.8) is 0 Å². The standard InChI is InChI=1S/C23H31N5O2/c1-18-17-27(20-7-4-8-21(30)16-20)13-14-28(18)23(26(2)3)25-22(10-15-29)19-6-5-11-24-12-9-19/h4,6-8,10-11,15-16,18,30H,5,9,12-14,17H2,1-3H3/b22-10-,25-23?. The number of rotatable bonds is 4. The van der Waals surface area contributed by atoms with Crippen LogP contribution in [0.5, 0.6) is 5.75 Å². The zero-order valence-corrected chi connectivity index (χ0v) is 18.0. The number of aliphatic imine (C=N–C) groups is 2. The minimum atomic E-state index is 0.214. The number of anilines is 1. The topological polar surface area (TPSA) is 71.7 Å². The van der Waals surface area contributed by atoms with E-state index in [2.05, 4.69) is 27.8 Å². The van der Waals surface area contributed by atoms with E-state index in [1.165, 1.54) is 0 Å². The Hall–Kier alpha value is -3.09. The number of aldehydes is 1. The second-order valence-electron chi connectivity index (χ2n) is 7.81. The molecule has 0 amide bonds.